The summed E-state index contributed by atoms with van der Waals surface area (Å²) >= 11 is 0. The van der Waals surface area contributed by atoms with E-state index in [1.165, 1.54) is 0 Å². The van der Waals surface area contributed by atoms with Crippen LogP contribution in [0.4, 0.5) is 4.79 Å². The molecule has 0 spiro atoms. The third-order valence-corrected chi connectivity index (χ3v) is 3.82. The third-order valence-electron chi connectivity index (χ3n) is 3.82. The highest BCUT2D eigenvalue weighted by atomic mass is 16.2. The van der Waals surface area contributed by atoms with Gasteiger partial charge in [-0.3, -0.25) is 15.0 Å². The summed E-state index contributed by atoms with van der Waals surface area (Å²) in [6.45, 7) is 8.18. The van der Waals surface area contributed by atoms with Gasteiger partial charge >= 0.3 is 6.03 Å². The van der Waals surface area contributed by atoms with Crippen molar-refractivity contribution >= 4 is 11.9 Å². The number of carbonyl (C=O) groups is 2. The first-order valence-electron chi connectivity index (χ1n) is 6.80. The molecule has 2 aliphatic heterocycles. The molecule has 0 radical (unpaired) electrons. The number of amides is 3. The van der Waals surface area contributed by atoms with Crippen LogP contribution in [0.25, 0.3) is 0 Å². The summed E-state index contributed by atoms with van der Waals surface area (Å²) in [6.07, 6.45) is 2.70. The van der Waals surface area contributed by atoms with Crippen LogP contribution in [0.5, 0.6) is 0 Å². The number of nitrogens with one attached hydrogen (secondary N) is 3. The van der Waals surface area contributed by atoms with Crippen LogP contribution >= 0.6 is 0 Å². The normalized spacial score (nSPS) is 26.5. The SMILES string of the molecule is C=CCNC(=O)NC(=O)CN1CCC2CNCC2C1. The van der Waals surface area contributed by atoms with Crippen LogP contribution in [0.1, 0.15) is 6.42 Å². The first-order valence-corrected chi connectivity index (χ1v) is 6.80. The Bertz CT molecular complexity index is 359. The minimum Gasteiger partial charge on any atom is -0.334 e. The van der Waals surface area contributed by atoms with Crippen molar-refractivity contribution in [3.63, 3.8) is 0 Å². The van der Waals surface area contributed by atoms with E-state index >= 15 is 0 Å². The van der Waals surface area contributed by atoms with Gasteiger partial charge in [-0.2, -0.15) is 0 Å². The molecule has 3 amide bonds. The van der Waals surface area contributed by atoms with Crippen LogP contribution in [0.15, 0.2) is 12.7 Å². The van der Waals surface area contributed by atoms with Gasteiger partial charge in [-0.1, -0.05) is 6.08 Å². The van der Waals surface area contributed by atoms with Crippen LogP contribution in [0.3, 0.4) is 0 Å². The summed E-state index contributed by atoms with van der Waals surface area (Å²) in [5.74, 6) is 1.16. The smallest absolute Gasteiger partial charge is 0.321 e. The molecule has 2 rings (SSSR count). The van der Waals surface area contributed by atoms with Crippen molar-refractivity contribution in [3.8, 4) is 0 Å². The highest BCUT2D eigenvalue weighted by Gasteiger charge is 2.33. The van der Waals surface area contributed by atoms with E-state index in [9.17, 15) is 9.59 Å². The van der Waals surface area contributed by atoms with E-state index in [1.807, 2.05) is 0 Å². The predicted octanol–water partition coefficient (Wildman–Crippen LogP) is -0.460. The fourth-order valence-electron chi connectivity index (χ4n) is 2.83. The van der Waals surface area contributed by atoms with Crippen LogP contribution in [-0.2, 0) is 4.79 Å². The Labute approximate surface area is 113 Å². The molecule has 0 bridgehead atoms. The molecule has 6 heteroatoms. The molecule has 0 aromatic rings. The Morgan fingerprint density at radius 1 is 1.37 bits per heavy atom. The van der Waals surface area contributed by atoms with Crippen LogP contribution in [0, 0.1) is 11.8 Å². The molecule has 0 aliphatic carbocycles. The summed E-state index contributed by atoms with van der Waals surface area (Å²) in [7, 11) is 0. The maximum atomic E-state index is 11.7. The van der Waals surface area contributed by atoms with Gasteiger partial charge in [-0.25, -0.2) is 4.79 Å². The van der Waals surface area contributed by atoms with Gasteiger partial charge < -0.3 is 10.6 Å². The molecule has 2 saturated heterocycles. The molecule has 3 N–H and O–H groups in total. The van der Waals surface area contributed by atoms with Crippen molar-refractivity contribution in [2.24, 2.45) is 11.8 Å². The first-order chi connectivity index (χ1) is 9.19. The number of imide groups is 1. The second-order valence-corrected chi connectivity index (χ2v) is 5.25. The molecular weight excluding hydrogens is 244 g/mol. The number of hydrogen-bond acceptors (Lipinski definition) is 4. The monoisotopic (exact) mass is 266 g/mol. The molecule has 106 valence electrons. The lowest BCUT2D eigenvalue weighted by Crippen LogP contribution is -2.48. The Kier molecular flexibility index (Phi) is 4.93. The lowest BCUT2D eigenvalue weighted by Gasteiger charge is -2.33. The highest BCUT2D eigenvalue weighted by molar-refractivity contribution is 5.95. The number of piperidine rings is 1. The van der Waals surface area contributed by atoms with E-state index in [1.54, 1.807) is 6.08 Å². The minimum absolute atomic E-state index is 0.244. The lowest BCUT2D eigenvalue weighted by atomic mass is 9.89. The first kappa shape index (κ1) is 14.0. The van der Waals surface area contributed by atoms with Crippen LogP contribution in [0.2, 0.25) is 0 Å². The van der Waals surface area contributed by atoms with Crippen molar-refractivity contribution < 1.29 is 9.59 Å². The summed E-state index contributed by atoms with van der Waals surface area (Å²) in [4.78, 5) is 25.2. The Hall–Kier alpha value is -1.40. The van der Waals surface area contributed by atoms with Gasteiger partial charge in [-0.05, 0) is 37.9 Å². The van der Waals surface area contributed by atoms with E-state index in [4.69, 9.17) is 0 Å². The fraction of sp³-hybridized carbons (Fsp3) is 0.692. The standard InChI is InChI=1S/C13H22N4O2/c1-2-4-15-13(19)16-12(18)9-17-5-3-10-6-14-7-11(10)8-17/h2,10-11,14H,1,3-9H2,(H2,15,16,18,19). The molecule has 2 fully saturated rings. The number of fused-ring (bicyclic) bond motifs is 1. The second-order valence-electron chi connectivity index (χ2n) is 5.25. The van der Waals surface area contributed by atoms with Gasteiger partial charge in [-0.15, -0.1) is 6.58 Å². The molecule has 2 atom stereocenters. The predicted molar refractivity (Wildman–Crippen MR) is 72.6 cm³/mol. The molecule has 2 heterocycles. The molecule has 2 aliphatic rings. The van der Waals surface area contributed by atoms with Crippen molar-refractivity contribution in [1.29, 1.82) is 0 Å². The van der Waals surface area contributed by atoms with E-state index in [0.29, 0.717) is 19.0 Å². The van der Waals surface area contributed by atoms with E-state index in [2.05, 4.69) is 27.4 Å². The lowest BCUT2D eigenvalue weighted by molar-refractivity contribution is -0.121. The van der Waals surface area contributed by atoms with Gasteiger partial charge in [0.1, 0.15) is 0 Å². The van der Waals surface area contributed by atoms with Crippen molar-refractivity contribution in [2.45, 2.75) is 6.42 Å². The van der Waals surface area contributed by atoms with Gasteiger partial charge in [0.25, 0.3) is 0 Å². The second kappa shape index (κ2) is 6.68. The van der Waals surface area contributed by atoms with Gasteiger partial charge in [0.2, 0.25) is 5.91 Å². The van der Waals surface area contributed by atoms with Gasteiger partial charge in [0, 0.05) is 13.1 Å². The minimum atomic E-state index is -0.456. The molecule has 2 unspecified atom stereocenters. The fourth-order valence-corrected chi connectivity index (χ4v) is 2.83. The molecule has 6 nitrogen and oxygen atoms in total. The number of hydrogen-bond donors (Lipinski definition) is 3. The van der Waals surface area contributed by atoms with Gasteiger partial charge in [0.15, 0.2) is 0 Å². The maximum Gasteiger partial charge on any atom is 0.321 e. The molecule has 0 aromatic heterocycles. The molecule has 0 aromatic carbocycles. The zero-order valence-corrected chi connectivity index (χ0v) is 11.2. The Balaban J connectivity index is 1.70. The number of urea groups is 1. The maximum absolute atomic E-state index is 11.7. The van der Waals surface area contributed by atoms with Crippen molar-refractivity contribution in [3.05, 3.63) is 12.7 Å². The highest BCUT2D eigenvalue weighted by Crippen LogP contribution is 2.25. The van der Waals surface area contributed by atoms with Gasteiger partial charge in [0.05, 0.1) is 6.54 Å². The zero-order valence-electron chi connectivity index (χ0n) is 11.2. The quantitative estimate of drug-likeness (QED) is 0.602. The van der Waals surface area contributed by atoms with E-state index in [0.717, 1.165) is 38.5 Å². The Morgan fingerprint density at radius 3 is 2.95 bits per heavy atom. The topological polar surface area (TPSA) is 73.5 Å². The average Bonchev–Trinajstić information content (AvgIpc) is 2.83. The summed E-state index contributed by atoms with van der Waals surface area (Å²) < 4.78 is 0. The number of rotatable bonds is 4. The number of nitrogens with zero attached hydrogens (tertiary/aromatic N) is 1. The van der Waals surface area contributed by atoms with Crippen molar-refractivity contribution in [1.82, 2.24) is 20.9 Å². The average molecular weight is 266 g/mol. The molecule has 0 saturated carbocycles. The third kappa shape index (κ3) is 4.04. The molecule has 19 heavy (non-hydrogen) atoms. The van der Waals surface area contributed by atoms with E-state index in [-0.39, 0.29) is 5.91 Å². The largest absolute Gasteiger partial charge is 0.334 e. The van der Waals surface area contributed by atoms with Crippen molar-refractivity contribution in [2.75, 3.05) is 39.3 Å². The molecular formula is C13H22N4O2. The Morgan fingerprint density at radius 2 is 2.16 bits per heavy atom. The zero-order chi connectivity index (χ0) is 13.7. The van der Waals surface area contributed by atoms with Crippen LogP contribution < -0.4 is 16.0 Å². The summed E-state index contributed by atoms with van der Waals surface area (Å²) in [5.41, 5.74) is 0. The summed E-state index contributed by atoms with van der Waals surface area (Å²) in [5, 5.41) is 8.24. The number of carbonyl (C=O) groups excluding carboxylic acids is 2. The van der Waals surface area contributed by atoms with E-state index < -0.39 is 6.03 Å². The number of likely N-dealkylation sites (tertiary alicyclic amines) is 1. The summed E-state index contributed by atoms with van der Waals surface area (Å²) in [6, 6.07) is -0.456. The van der Waals surface area contributed by atoms with Crippen LogP contribution in [-0.4, -0.2) is 56.1 Å².